The maximum atomic E-state index is 5.02. The van der Waals surface area contributed by atoms with E-state index in [2.05, 4.69) is 15.2 Å². The molecule has 72 valence electrons. The standard InChI is InChI=1S/C9H9N3OS/c1-6-11-12-9(14-6)8-4-3-7(13-2)5-10-8/h3-5H,1-2H3. The first-order valence-corrected chi connectivity index (χ1v) is 4.92. The van der Waals surface area contributed by atoms with E-state index in [0.717, 1.165) is 21.5 Å². The van der Waals surface area contributed by atoms with Gasteiger partial charge in [-0.15, -0.1) is 10.2 Å². The minimum absolute atomic E-state index is 0.745. The molecule has 0 aliphatic heterocycles. The molecule has 0 spiro atoms. The van der Waals surface area contributed by atoms with Gasteiger partial charge in [-0.05, 0) is 19.1 Å². The Morgan fingerprint density at radius 1 is 1.29 bits per heavy atom. The first kappa shape index (κ1) is 9.08. The smallest absolute Gasteiger partial charge is 0.166 e. The fraction of sp³-hybridized carbons (Fsp3) is 0.222. The molecule has 2 aromatic heterocycles. The van der Waals surface area contributed by atoms with Crippen molar-refractivity contribution in [2.24, 2.45) is 0 Å². The van der Waals surface area contributed by atoms with E-state index in [9.17, 15) is 0 Å². The number of nitrogens with zero attached hydrogens (tertiary/aromatic N) is 3. The Kier molecular flexibility index (Phi) is 2.41. The van der Waals surface area contributed by atoms with Gasteiger partial charge in [0, 0.05) is 0 Å². The van der Waals surface area contributed by atoms with Crippen molar-refractivity contribution in [3.05, 3.63) is 23.3 Å². The molecular formula is C9H9N3OS. The summed E-state index contributed by atoms with van der Waals surface area (Å²) in [4.78, 5) is 4.22. The first-order chi connectivity index (χ1) is 6.79. The molecule has 4 nitrogen and oxygen atoms in total. The van der Waals surface area contributed by atoms with Gasteiger partial charge in [-0.25, -0.2) is 4.98 Å². The van der Waals surface area contributed by atoms with E-state index >= 15 is 0 Å². The summed E-state index contributed by atoms with van der Waals surface area (Å²) in [6.45, 7) is 1.92. The van der Waals surface area contributed by atoms with Gasteiger partial charge in [0.1, 0.15) is 16.5 Å². The van der Waals surface area contributed by atoms with E-state index in [1.54, 1.807) is 13.3 Å². The lowest BCUT2D eigenvalue weighted by molar-refractivity contribution is 0.413. The van der Waals surface area contributed by atoms with Crippen LogP contribution in [0.5, 0.6) is 5.75 Å². The van der Waals surface area contributed by atoms with Crippen LogP contribution in [0.2, 0.25) is 0 Å². The number of pyridine rings is 1. The van der Waals surface area contributed by atoms with Gasteiger partial charge in [-0.2, -0.15) is 0 Å². The zero-order valence-corrected chi connectivity index (χ0v) is 8.71. The molecule has 0 unspecified atom stereocenters. The number of aryl methyl sites for hydroxylation is 1. The number of ether oxygens (including phenoxy) is 1. The van der Waals surface area contributed by atoms with Crippen LogP contribution in [0.15, 0.2) is 18.3 Å². The molecule has 0 N–H and O–H groups in total. The van der Waals surface area contributed by atoms with Crippen LogP contribution in [0, 0.1) is 6.92 Å². The molecule has 0 bridgehead atoms. The lowest BCUT2D eigenvalue weighted by Gasteiger charge is -1.98. The van der Waals surface area contributed by atoms with Crippen LogP contribution in [0.25, 0.3) is 10.7 Å². The number of rotatable bonds is 2. The summed E-state index contributed by atoms with van der Waals surface area (Å²) in [5, 5.41) is 9.72. The Morgan fingerprint density at radius 3 is 2.64 bits per heavy atom. The second-order valence-electron chi connectivity index (χ2n) is 2.71. The molecule has 0 atom stereocenters. The van der Waals surface area contributed by atoms with Crippen LogP contribution in [-0.4, -0.2) is 22.3 Å². The third-order valence-electron chi connectivity index (χ3n) is 1.72. The van der Waals surface area contributed by atoms with Gasteiger partial charge in [-0.3, -0.25) is 0 Å². The molecule has 0 saturated carbocycles. The van der Waals surface area contributed by atoms with Gasteiger partial charge in [0.15, 0.2) is 5.01 Å². The Hall–Kier alpha value is -1.49. The van der Waals surface area contributed by atoms with Crippen LogP contribution >= 0.6 is 11.3 Å². The minimum atomic E-state index is 0.745. The van der Waals surface area contributed by atoms with Crippen molar-refractivity contribution in [2.75, 3.05) is 7.11 Å². The zero-order chi connectivity index (χ0) is 9.97. The van der Waals surface area contributed by atoms with Gasteiger partial charge >= 0.3 is 0 Å². The molecule has 0 saturated heterocycles. The van der Waals surface area contributed by atoms with Crippen LogP contribution in [0.4, 0.5) is 0 Å². The largest absolute Gasteiger partial charge is 0.495 e. The van der Waals surface area contributed by atoms with Crippen molar-refractivity contribution in [3.8, 4) is 16.5 Å². The van der Waals surface area contributed by atoms with Crippen molar-refractivity contribution in [1.29, 1.82) is 0 Å². The molecule has 0 radical (unpaired) electrons. The average Bonchev–Trinajstić information content (AvgIpc) is 2.65. The average molecular weight is 207 g/mol. The van der Waals surface area contributed by atoms with Crippen LogP contribution in [0.1, 0.15) is 5.01 Å². The van der Waals surface area contributed by atoms with Crippen molar-refractivity contribution in [1.82, 2.24) is 15.2 Å². The van der Waals surface area contributed by atoms with Gasteiger partial charge in [0.05, 0.1) is 13.3 Å². The predicted octanol–water partition coefficient (Wildman–Crippen LogP) is 1.92. The second kappa shape index (κ2) is 3.71. The third kappa shape index (κ3) is 1.72. The molecule has 0 fully saturated rings. The van der Waals surface area contributed by atoms with Crippen molar-refractivity contribution in [2.45, 2.75) is 6.92 Å². The van der Waals surface area contributed by atoms with Crippen LogP contribution in [0.3, 0.4) is 0 Å². The molecule has 2 heterocycles. The number of hydrogen-bond donors (Lipinski definition) is 0. The summed E-state index contributed by atoms with van der Waals surface area (Å²) in [5.41, 5.74) is 0.830. The second-order valence-corrected chi connectivity index (χ2v) is 3.89. The topological polar surface area (TPSA) is 47.9 Å². The summed E-state index contributed by atoms with van der Waals surface area (Å²) in [7, 11) is 1.62. The molecular weight excluding hydrogens is 198 g/mol. The fourth-order valence-corrected chi connectivity index (χ4v) is 1.70. The quantitative estimate of drug-likeness (QED) is 0.754. The van der Waals surface area contributed by atoms with E-state index in [1.165, 1.54) is 11.3 Å². The Balaban J connectivity index is 2.33. The molecule has 2 rings (SSSR count). The molecule has 0 aliphatic carbocycles. The molecule has 2 aromatic rings. The van der Waals surface area contributed by atoms with Gasteiger partial charge in [0.25, 0.3) is 0 Å². The number of hydrogen-bond acceptors (Lipinski definition) is 5. The Morgan fingerprint density at radius 2 is 2.14 bits per heavy atom. The lowest BCUT2D eigenvalue weighted by atomic mass is 10.3. The number of aromatic nitrogens is 3. The zero-order valence-electron chi connectivity index (χ0n) is 7.89. The molecule has 0 amide bonds. The monoisotopic (exact) mass is 207 g/mol. The lowest BCUT2D eigenvalue weighted by Crippen LogP contribution is -1.86. The molecule has 14 heavy (non-hydrogen) atoms. The Bertz CT molecular complexity index is 424. The van der Waals surface area contributed by atoms with Crippen LogP contribution in [-0.2, 0) is 0 Å². The minimum Gasteiger partial charge on any atom is -0.495 e. The normalized spacial score (nSPS) is 10.1. The summed E-state index contributed by atoms with van der Waals surface area (Å²) in [5.74, 6) is 0.745. The van der Waals surface area contributed by atoms with Crippen molar-refractivity contribution in [3.63, 3.8) is 0 Å². The highest BCUT2D eigenvalue weighted by Gasteiger charge is 2.04. The van der Waals surface area contributed by atoms with Crippen molar-refractivity contribution >= 4 is 11.3 Å². The predicted molar refractivity (Wildman–Crippen MR) is 54.4 cm³/mol. The first-order valence-electron chi connectivity index (χ1n) is 4.10. The summed E-state index contributed by atoms with van der Waals surface area (Å²) in [6.07, 6.45) is 1.67. The van der Waals surface area contributed by atoms with Gasteiger partial charge < -0.3 is 4.74 Å². The Labute approximate surface area is 85.6 Å². The van der Waals surface area contributed by atoms with E-state index in [0.29, 0.717) is 0 Å². The van der Waals surface area contributed by atoms with Crippen molar-refractivity contribution < 1.29 is 4.74 Å². The van der Waals surface area contributed by atoms with E-state index < -0.39 is 0 Å². The molecule has 0 aromatic carbocycles. The fourth-order valence-electron chi connectivity index (χ4n) is 1.03. The van der Waals surface area contributed by atoms with E-state index in [4.69, 9.17) is 4.74 Å². The van der Waals surface area contributed by atoms with E-state index in [-0.39, 0.29) is 0 Å². The number of methoxy groups -OCH3 is 1. The summed E-state index contributed by atoms with van der Waals surface area (Å²) < 4.78 is 5.02. The van der Waals surface area contributed by atoms with Gasteiger partial charge in [-0.1, -0.05) is 11.3 Å². The SMILES string of the molecule is COc1ccc(-c2nnc(C)s2)nc1. The van der Waals surface area contributed by atoms with E-state index in [1.807, 2.05) is 19.1 Å². The van der Waals surface area contributed by atoms with Crippen LogP contribution < -0.4 is 4.74 Å². The highest BCUT2D eigenvalue weighted by atomic mass is 32.1. The molecule has 5 heteroatoms. The van der Waals surface area contributed by atoms with Gasteiger partial charge in [0.2, 0.25) is 0 Å². The maximum absolute atomic E-state index is 5.02. The highest BCUT2D eigenvalue weighted by Crippen LogP contribution is 2.22. The summed E-state index contributed by atoms with van der Waals surface area (Å²) >= 11 is 1.53. The maximum Gasteiger partial charge on any atom is 0.166 e. The summed E-state index contributed by atoms with van der Waals surface area (Å²) in [6, 6.07) is 3.73. The third-order valence-corrected chi connectivity index (χ3v) is 2.58. The highest BCUT2D eigenvalue weighted by molar-refractivity contribution is 7.14. The molecule has 0 aliphatic rings.